The first-order valence-corrected chi connectivity index (χ1v) is 8.51. The first-order valence-electron chi connectivity index (χ1n) is 8.51. The van der Waals surface area contributed by atoms with Gasteiger partial charge in [-0.3, -0.25) is 0 Å². The number of rotatable bonds is 3. The summed E-state index contributed by atoms with van der Waals surface area (Å²) in [6, 6.07) is 7.24. The van der Waals surface area contributed by atoms with Crippen molar-refractivity contribution in [2.75, 3.05) is 43.1 Å². The molecule has 1 aliphatic rings. The highest BCUT2D eigenvalue weighted by molar-refractivity contribution is 5.78. The molecule has 27 heavy (non-hydrogen) atoms. The normalized spacial score (nSPS) is 15.4. The molecule has 4 rings (SSSR count). The van der Waals surface area contributed by atoms with Gasteiger partial charge in [-0.2, -0.15) is 13.2 Å². The Hall–Kier alpha value is -2.97. The molecule has 0 spiro atoms. The van der Waals surface area contributed by atoms with Crippen LogP contribution >= 0.6 is 0 Å². The average molecular weight is 377 g/mol. The van der Waals surface area contributed by atoms with Gasteiger partial charge in [0.2, 0.25) is 5.95 Å². The van der Waals surface area contributed by atoms with Crippen LogP contribution in [0.15, 0.2) is 36.5 Å². The Kier molecular flexibility index (Phi) is 4.29. The largest absolute Gasteiger partial charge is 0.493 e. The van der Waals surface area contributed by atoms with Crippen molar-refractivity contribution in [3.05, 3.63) is 42.1 Å². The summed E-state index contributed by atoms with van der Waals surface area (Å²) in [5.74, 6) is 2.09. The molecule has 142 valence electrons. The number of halogens is 3. The van der Waals surface area contributed by atoms with Crippen LogP contribution in [0.5, 0.6) is 5.75 Å². The summed E-state index contributed by atoms with van der Waals surface area (Å²) >= 11 is 0. The standard InChI is InChI=1S/C18H18F3N5O/c1-27-15-3-2-6-22-16(15)25-7-9-26(10-8-25)17-23-13-5-4-12(18(19,20)21)11-14(13)24-17/h2-6,11H,7-10H2,1H3,(H,23,24). The molecule has 6 nitrogen and oxygen atoms in total. The summed E-state index contributed by atoms with van der Waals surface area (Å²) in [6.45, 7) is 2.76. The third kappa shape index (κ3) is 3.36. The predicted octanol–water partition coefficient (Wildman–Crippen LogP) is 3.31. The smallest absolute Gasteiger partial charge is 0.416 e. The van der Waals surface area contributed by atoms with Crippen molar-refractivity contribution >= 4 is 22.8 Å². The molecule has 0 amide bonds. The fraction of sp³-hybridized carbons (Fsp3) is 0.333. The molecule has 1 N–H and O–H groups in total. The number of methoxy groups -OCH3 is 1. The lowest BCUT2D eigenvalue weighted by molar-refractivity contribution is -0.137. The second-order valence-electron chi connectivity index (χ2n) is 6.29. The number of aromatic amines is 1. The molecule has 0 saturated carbocycles. The number of fused-ring (bicyclic) bond motifs is 1. The number of benzene rings is 1. The Morgan fingerprint density at radius 2 is 1.81 bits per heavy atom. The maximum Gasteiger partial charge on any atom is 0.416 e. The zero-order valence-electron chi connectivity index (χ0n) is 14.6. The fourth-order valence-electron chi connectivity index (χ4n) is 3.23. The van der Waals surface area contributed by atoms with Gasteiger partial charge in [-0.1, -0.05) is 0 Å². The summed E-state index contributed by atoms with van der Waals surface area (Å²) in [7, 11) is 1.61. The number of ether oxygens (including phenoxy) is 1. The number of anilines is 2. The number of H-pyrrole nitrogens is 1. The molecule has 0 aliphatic carbocycles. The summed E-state index contributed by atoms with van der Waals surface area (Å²) in [5.41, 5.74) is 0.220. The molecular weight excluding hydrogens is 359 g/mol. The summed E-state index contributed by atoms with van der Waals surface area (Å²) < 4.78 is 44.0. The first-order chi connectivity index (χ1) is 13.0. The van der Waals surface area contributed by atoms with Crippen molar-refractivity contribution in [3.63, 3.8) is 0 Å². The lowest BCUT2D eigenvalue weighted by Gasteiger charge is -2.35. The minimum absolute atomic E-state index is 0.383. The van der Waals surface area contributed by atoms with E-state index in [2.05, 4.69) is 19.9 Å². The number of pyridine rings is 1. The Morgan fingerprint density at radius 1 is 1.07 bits per heavy atom. The van der Waals surface area contributed by atoms with Crippen molar-refractivity contribution in [1.82, 2.24) is 15.0 Å². The zero-order valence-corrected chi connectivity index (χ0v) is 14.6. The number of imidazole rings is 1. The van der Waals surface area contributed by atoms with Gasteiger partial charge in [0.05, 0.1) is 23.7 Å². The third-order valence-electron chi connectivity index (χ3n) is 4.65. The number of nitrogens with one attached hydrogen (secondary N) is 1. The molecule has 3 heterocycles. The Balaban J connectivity index is 1.51. The van der Waals surface area contributed by atoms with Crippen LogP contribution in [0.25, 0.3) is 11.0 Å². The van der Waals surface area contributed by atoms with E-state index in [0.717, 1.165) is 23.7 Å². The third-order valence-corrected chi connectivity index (χ3v) is 4.65. The molecule has 9 heteroatoms. The minimum atomic E-state index is -4.37. The highest BCUT2D eigenvalue weighted by Crippen LogP contribution is 2.32. The van der Waals surface area contributed by atoms with Crippen LogP contribution in [0.1, 0.15) is 5.56 Å². The molecule has 2 aromatic heterocycles. The number of hydrogen-bond donors (Lipinski definition) is 1. The molecule has 1 fully saturated rings. The minimum Gasteiger partial charge on any atom is -0.493 e. The van der Waals surface area contributed by atoms with Gasteiger partial charge < -0.3 is 19.5 Å². The van der Waals surface area contributed by atoms with E-state index >= 15 is 0 Å². The number of alkyl halides is 3. The molecular formula is C18H18F3N5O. The van der Waals surface area contributed by atoms with Gasteiger partial charge in [0.15, 0.2) is 11.6 Å². The predicted molar refractivity (Wildman–Crippen MR) is 96.3 cm³/mol. The molecule has 0 unspecified atom stereocenters. The van der Waals surface area contributed by atoms with Crippen LogP contribution < -0.4 is 14.5 Å². The molecule has 0 radical (unpaired) electrons. The van der Waals surface area contributed by atoms with Crippen LogP contribution in [0, 0.1) is 0 Å². The van der Waals surface area contributed by atoms with E-state index in [0.29, 0.717) is 43.2 Å². The SMILES string of the molecule is COc1cccnc1N1CCN(c2nc3ccc(C(F)(F)F)cc3[nH]2)CC1. The van der Waals surface area contributed by atoms with Gasteiger partial charge in [0, 0.05) is 32.4 Å². The Labute approximate surface area is 153 Å². The van der Waals surface area contributed by atoms with Gasteiger partial charge in [-0.15, -0.1) is 0 Å². The van der Waals surface area contributed by atoms with Crippen LogP contribution in [-0.2, 0) is 6.18 Å². The zero-order chi connectivity index (χ0) is 19.0. The lowest BCUT2D eigenvalue weighted by atomic mass is 10.2. The van der Waals surface area contributed by atoms with E-state index in [9.17, 15) is 13.2 Å². The van der Waals surface area contributed by atoms with Gasteiger partial charge in [-0.05, 0) is 30.3 Å². The van der Waals surface area contributed by atoms with Crippen molar-refractivity contribution in [2.24, 2.45) is 0 Å². The molecule has 1 aliphatic heterocycles. The van der Waals surface area contributed by atoms with Crippen LogP contribution in [0.3, 0.4) is 0 Å². The summed E-state index contributed by atoms with van der Waals surface area (Å²) in [4.78, 5) is 16.0. The molecule has 1 saturated heterocycles. The van der Waals surface area contributed by atoms with E-state index in [1.165, 1.54) is 6.07 Å². The number of aromatic nitrogens is 3. The summed E-state index contributed by atoms with van der Waals surface area (Å²) in [6.07, 6.45) is -2.64. The molecule has 0 bridgehead atoms. The maximum absolute atomic E-state index is 12.9. The second kappa shape index (κ2) is 6.64. The Bertz CT molecular complexity index is 948. The van der Waals surface area contributed by atoms with Crippen molar-refractivity contribution in [2.45, 2.75) is 6.18 Å². The number of nitrogens with zero attached hydrogens (tertiary/aromatic N) is 4. The highest BCUT2D eigenvalue weighted by atomic mass is 19.4. The quantitative estimate of drug-likeness (QED) is 0.759. The topological polar surface area (TPSA) is 57.3 Å². The fourth-order valence-corrected chi connectivity index (χ4v) is 3.23. The van der Waals surface area contributed by atoms with E-state index in [-0.39, 0.29) is 0 Å². The Morgan fingerprint density at radius 3 is 2.52 bits per heavy atom. The van der Waals surface area contributed by atoms with Gasteiger partial charge in [0.1, 0.15) is 0 Å². The average Bonchev–Trinajstić information content (AvgIpc) is 3.11. The first kappa shape index (κ1) is 17.4. The molecule has 1 aromatic carbocycles. The van der Waals surface area contributed by atoms with Gasteiger partial charge in [0.25, 0.3) is 0 Å². The van der Waals surface area contributed by atoms with E-state index in [4.69, 9.17) is 4.74 Å². The van der Waals surface area contributed by atoms with Crippen LogP contribution in [-0.4, -0.2) is 48.2 Å². The van der Waals surface area contributed by atoms with E-state index < -0.39 is 11.7 Å². The number of piperazine rings is 1. The van der Waals surface area contributed by atoms with E-state index in [1.807, 2.05) is 17.0 Å². The van der Waals surface area contributed by atoms with Crippen LogP contribution in [0.2, 0.25) is 0 Å². The highest BCUT2D eigenvalue weighted by Gasteiger charge is 2.31. The maximum atomic E-state index is 12.9. The van der Waals surface area contributed by atoms with Crippen molar-refractivity contribution in [3.8, 4) is 5.75 Å². The number of hydrogen-bond acceptors (Lipinski definition) is 5. The monoisotopic (exact) mass is 377 g/mol. The molecule has 0 atom stereocenters. The van der Waals surface area contributed by atoms with Gasteiger partial charge in [-0.25, -0.2) is 9.97 Å². The van der Waals surface area contributed by atoms with E-state index in [1.54, 1.807) is 13.3 Å². The van der Waals surface area contributed by atoms with Gasteiger partial charge >= 0.3 is 6.18 Å². The van der Waals surface area contributed by atoms with Crippen LogP contribution in [0.4, 0.5) is 24.9 Å². The molecule has 3 aromatic rings. The van der Waals surface area contributed by atoms with Crippen molar-refractivity contribution < 1.29 is 17.9 Å². The van der Waals surface area contributed by atoms with Crippen molar-refractivity contribution in [1.29, 1.82) is 0 Å². The summed E-state index contributed by atoms with van der Waals surface area (Å²) in [5, 5.41) is 0. The lowest BCUT2D eigenvalue weighted by Crippen LogP contribution is -2.47. The second-order valence-corrected chi connectivity index (χ2v) is 6.29.